The van der Waals surface area contributed by atoms with Gasteiger partial charge in [0.15, 0.2) is 0 Å². The van der Waals surface area contributed by atoms with Crippen LogP contribution in [0.4, 0.5) is 9.18 Å². The molecule has 5 rings (SSSR count). The largest absolute Gasteiger partial charge is 0.453 e. The number of hydrogen-bond donors (Lipinski definition) is 4. The van der Waals surface area contributed by atoms with Crippen molar-refractivity contribution in [1.82, 2.24) is 20.4 Å². The van der Waals surface area contributed by atoms with E-state index in [4.69, 9.17) is 9.79 Å². The molecule has 4 N–H and O–H groups in total. The number of alkyl halides is 1. The quantitative estimate of drug-likeness (QED) is 0.363. The number of carbonyl (C=O) groups is 4. The molecule has 4 amide bonds. The summed E-state index contributed by atoms with van der Waals surface area (Å²) in [5.74, 6) is -3.54. The maximum atomic E-state index is 14.2. The second-order valence-corrected chi connectivity index (χ2v) is 13.4. The molecular weight excluding hydrogens is 578 g/mol. The highest BCUT2D eigenvalue weighted by Gasteiger charge is 2.45. The summed E-state index contributed by atoms with van der Waals surface area (Å²) in [6.07, 6.45) is 3.52. The van der Waals surface area contributed by atoms with Crippen LogP contribution >= 0.6 is 18.9 Å². The smallest absolute Gasteiger partial charge is 0.409 e. The molecule has 3 aliphatic rings. The summed E-state index contributed by atoms with van der Waals surface area (Å²) in [5, 5.41) is 6.21. The number of likely N-dealkylation sites (tertiary alicyclic amines) is 1. The molecule has 1 aromatic carbocycles. The van der Waals surface area contributed by atoms with Crippen LogP contribution in [-0.2, 0) is 18.9 Å². The fourth-order valence-corrected chi connectivity index (χ4v) is 7.31. The van der Waals surface area contributed by atoms with Crippen LogP contribution < -0.4 is 10.6 Å². The number of rotatable bonds is 6. The molecule has 4 atom stereocenters. The minimum Gasteiger partial charge on any atom is -0.453 e. The molecule has 0 bridgehead atoms. The minimum absolute atomic E-state index is 0.101. The molecule has 0 aliphatic carbocycles. The molecule has 3 fully saturated rings. The van der Waals surface area contributed by atoms with Gasteiger partial charge in [-0.2, -0.15) is 0 Å². The van der Waals surface area contributed by atoms with Crippen molar-refractivity contribution in [3.8, 4) is 0 Å². The van der Waals surface area contributed by atoms with Crippen molar-refractivity contribution in [2.75, 3.05) is 20.2 Å². The van der Waals surface area contributed by atoms with Crippen LogP contribution in [0.5, 0.6) is 0 Å². The Kier molecular flexibility index (Phi) is 8.38. The van der Waals surface area contributed by atoms with Crippen LogP contribution in [0, 0.1) is 0 Å². The van der Waals surface area contributed by atoms with E-state index in [1.807, 2.05) is 0 Å². The summed E-state index contributed by atoms with van der Waals surface area (Å²) >= 11 is 1.12. The van der Waals surface area contributed by atoms with Crippen LogP contribution in [-0.4, -0.2) is 87.8 Å². The lowest BCUT2D eigenvalue weighted by atomic mass is 9.99. The fourth-order valence-electron chi connectivity index (χ4n) is 5.81. The van der Waals surface area contributed by atoms with E-state index in [9.17, 15) is 28.1 Å². The van der Waals surface area contributed by atoms with Crippen molar-refractivity contribution in [2.24, 2.45) is 0 Å². The van der Waals surface area contributed by atoms with Crippen LogP contribution in [0.3, 0.4) is 0 Å². The Morgan fingerprint density at radius 1 is 1.10 bits per heavy atom. The molecule has 15 heteroatoms. The SMILES string of the molecule is COC(=O)N1CC(NC(=O)[C@@H]2CC[C@@H]3CCCC[C@H](NC(=O)c4cc5cc(C(F)P(=O)(O)O)ccc5s4)C(=O)N32)C1. The third-order valence-corrected chi connectivity index (χ3v) is 9.94. The lowest BCUT2D eigenvalue weighted by Gasteiger charge is -2.40. The number of methoxy groups -OCH3 is 1. The van der Waals surface area contributed by atoms with Gasteiger partial charge in [0.05, 0.1) is 18.0 Å². The number of fused-ring (bicyclic) bond motifs is 2. The summed E-state index contributed by atoms with van der Waals surface area (Å²) < 4.78 is 30.8. The van der Waals surface area contributed by atoms with E-state index in [1.54, 1.807) is 4.90 Å². The molecule has 41 heavy (non-hydrogen) atoms. The number of benzene rings is 1. The normalized spacial score (nSPS) is 24.2. The Morgan fingerprint density at radius 2 is 1.83 bits per heavy atom. The average molecular weight is 611 g/mol. The first kappa shape index (κ1) is 29.4. The van der Waals surface area contributed by atoms with Crippen LogP contribution in [0.1, 0.15) is 59.7 Å². The molecule has 222 valence electrons. The van der Waals surface area contributed by atoms with E-state index < -0.39 is 37.6 Å². The van der Waals surface area contributed by atoms with Gasteiger partial charge in [-0.05, 0) is 54.8 Å². The highest BCUT2D eigenvalue weighted by Crippen LogP contribution is 2.53. The number of thiophene rings is 1. The highest BCUT2D eigenvalue weighted by atomic mass is 32.1. The second kappa shape index (κ2) is 11.7. The standard InChI is InChI=1S/C26H32FN4O8PS/c1-39-26(35)30-12-16(13-30)28-23(32)19-8-7-17-4-2-3-5-18(25(34)31(17)19)29-24(33)21-11-15-10-14(6-9-20(15)41-21)22(27)40(36,37)38/h6,9-11,16-19,22H,2-5,7-8,12-13H2,1H3,(H,28,32)(H,29,33)(H2,36,37,38)/t17-,18-,19-,22?/m0/s1. The number of amides is 4. The minimum atomic E-state index is -4.98. The van der Waals surface area contributed by atoms with E-state index >= 15 is 0 Å². The zero-order valence-electron chi connectivity index (χ0n) is 22.3. The van der Waals surface area contributed by atoms with Gasteiger partial charge >= 0.3 is 13.7 Å². The lowest BCUT2D eigenvalue weighted by molar-refractivity contribution is -0.143. The number of carbonyl (C=O) groups excluding carboxylic acids is 4. The molecule has 0 spiro atoms. The van der Waals surface area contributed by atoms with Gasteiger partial charge in [0.25, 0.3) is 5.91 Å². The number of halogens is 1. The fraction of sp³-hybridized carbons (Fsp3) is 0.538. The molecule has 3 saturated heterocycles. The first-order chi connectivity index (χ1) is 19.5. The van der Waals surface area contributed by atoms with Gasteiger partial charge in [-0.3, -0.25) is 18.9 Å². The zero-order chi connectivity index (χ0) is 29.5. The summed E-state index contributed by atoms with van der Waals surface area (Å²) in [7, 11) is -3.68. The molecule has 1 unspecified atom stereocenters. The van der Waals surface area contributed by atoms with Gasteiger partial charge in [0, 0.05) is 23.8 Å². The van der Waals surface area contributed by atoms with Gasteiger partial charge < -0.3 is 35.0 Å². The number of nitrogens with zero attached hydrogens (tertiary/aromatic N) is 2. The zero-order valence-corrected chi connectivity index (χ0v) is 24.0. The summed E-state index contributed by atoms with van der Waals surface area (Å²) in [5.41, 5.74) is -0.185. The predicted molar refractivity (Wildman–Crippen MR) is 147 cm³/mol. The molecule has 4 heterocycles. The number of ether oxygens (including phenoxy) is 1. The van der Waals surface area contributed by atoms with Gasteiger partial charge in [0.2, 0.25) is 17.7 Å². The average Bonchev–Trinajstić information content (AvgIpc) is 3.53. The third-order valence-electron chi connectivity index (χ3n) is 7.94. The van der Waals surface area contributed by atoms with E-state index in [-0.39, 0.29) is 34.3 Å². The molecule has 12 nitrogen and oxygen atoms in total. The Labute approximate surface area is 239 Å². The summed E-state index contributed by atoms with van der Waals surface area (Å²) in [6.45, 7) is 0.673. The second-order valence-electron chi connectivity index (χ2n) is 10.7. The third kappa shape index (κ3) is 6.11. The van der Waals surface area contributed by atoms with E-state index in [0.29, 0.717) is 42.4 Å². The molecular formula is C26H32FN4O8PS. The predicted octanol–water partition coefficient (Wildman–Crippen LogP) is 2.65. The van der Waals surface area contributed by atoms with Crippen molar-refractivity contribution in [3.05, 3.63) is 34.7 Å². The highest BCUT2D eigenvalue weighted by molar-refractivity contribution is 7.51. The van der Waals surface area contributed by atoms with Crippen molar-refractivity contribution in [1.29, 1.82) is 0 Å². The van der Waals surface area contributed by atoms with Gasteiger partial charge in [-0.25, -0.2) is 9.18 Å². The van der Waals surface area contributed by atoms with E-state index in [1.165, 1.54) is 36.3 Å². The molecule has 0 radical (unpaired) electrons. The van der Waals surface area contributed by atoms with E-state index in [2.05, 4.69) is 15.4 Å². The van der Waals surface area contributed by atoms with Crippen molar-refractivity contribution in [2.45, 2.75) is 68.6 Å². The maximum absolute atomic E-state index is 14.2. The maximum Gasteiger partial charge on any atom is 0.409 e. The Morgan fingerprint density at radius 3 is 2.54 bits per heavy atom. The first-order valence-electron chi connectivity index (χ1n) is 13.5. The lowest BCUT2D eigenvalue weighted by Crippen LogP contribution is -2.64. The van der Waals surface area contributed by atoms with Crippen molar-refractivity contribution >= 4 is 52.8 Å². The van der Waals surface area contributed by atoms with Crippen LogP contribution in [0.2, 0.25) is 0 Å². The number of hydrogen-bond acceptors (Lipinski definition) is 7. The van der Waals surface area contributed by atoms with Crippen molar-refractivity contribution < 1.29 is 42.7 Å². The van der Waals surface area contributed by atoms with Gasteiger partial charge in [-0.1, -0.05) is 18.9 Å². The Balaban J connectivity index is 1.27. The number of nitrogens with one attached hydrogen (secondary N) is 2. The van der Waals surface area contributed by atoms with Gasteiger partial charge in [-0.15, -0.1) is 11.3 Å². The van der Waals surface area contributed by atoms with E-state index in [0.717, 1.165) is 30.6 Å². The molecule has 0 saturated carbocycles. The monoisotopic (exact) mass is 610 g/mol. The van der Waals surface area contributed by atoms with Gasteiger partial charge in [0.1, 0.15) is 12.1 Å². The van der Waals surface area contributed by atoms with Crippen LogP contribution in [0.15, 0.2) is 24.3 Å². The van der Waals surface area contributed by atoms with Crippen LogP contribution in [0.25, 0.3) is 10.1 Å². The first-order valence-corrected chi connectivity index (χ1v) is 15.9. The topological polar surface area (TPSA) is 166 Å². The summed E-state index contributed by atoms with van der Waals surface area (Å²) in [4.78, 5) is 73.4. The Hall–Kier alpha value is -3.06. The molecule has 2 aromatic rings. The molecule has 1 aromatic heterocycles. The molecule has 3 aliphatic heterocycles. The van der Waals surface area contributed by atoms with Crippen molar-refractivity contribution in [3.63, 3.8) is 0 Å². The summed E-state index contributed by atoms with van der Waals surface area (Å²) in [6, 6.07) is 3.77. The Bertz CT molecular complexity index is 1410.